The number of anilines is 1. The Hall–Kier alpha value is -1.74. The zero-order valence-corrected chi connectivity index (χ0v) is 12.3. The highest BCUT2D eigenvalue weighted by Crippen LogP contribution is 2.18. The summed E-state index contributed by atoms with van der Waals surface area (Å²) in [5.41, 5.74) is 2.66. The van der Waals surface area contributed by atoms with Crippen LogP contribution in [0.4, 0.5) is 5.69 Å². The Kier molecular flexibility index (Phi) is 3.79. The van der Waals surface area contributed by atoms with E-state index in [0.717, 1.165) is 44.2 Å². The number of hydrogen-bond donors (Lipinski definition) is 0. The normalized spacial score (nSPS) is 16.6. The van der Waals surface area contributed by atoms with Gasteiger partial charge in [-0.2, -0.15) is 0 Å². The highest BCUT2D eigenvalue weighted by molar-refractivity contribution is 5.47. The molecule has 0 spiro atoms. The van der Waals surface area contributed by atoms with Crippen molar-refractivity contribution in [3.8, 4) is 0 Å². The number of aryl methyl sites for hydroxylation is 2. The van der Waals surface area contributed by atoms with E-state index in [-0.39, 0.29) is 0 Å². The number of hydrogen-bond acceptors (Lipinski definition) is 3. The molecule has 0 atom stereocenters. The molecule has 0 saturated carbocycles. The Labute approximate surface area is 120 Å². The second kappa shape index (κ2) is 5.71. The van der Waals surface area contributed by atoms with Gasteiger partial charge in [0.1, 0.15) is 11.5 Å². The SMILES string of the molecule is Cc1ccc(N2CCN(Cc3ccc(C)o3)CC2)cc1. The van der Waals surface area contributed by atoms with Crippen LogP contribution in [0.3, 0.4) is 0 Å². The van der Waals surface area contributed by atoms with Crippen LogP contribution in [0.5, 0.6) is 0 Å². The van der Waals surface area contributed by atoms with Gasteiger partial charge in [-0.15, -0.1) is 0 Å². The molecule has 3 nitrogen and oxygen atoms in total. The van der Waals surface area contributed by atoms with Crippen molar-refractivity contribution in [2.24, 2.45) is 0 Å². The van der Waals surface area contributed by atoms with Gasteiger partial charge in [-0.1, -0.05) is 17.7 Å². The lowest BCUT2D eigenvalue weighted by Crippen LogP contribution is -2.45. The molecular weight excluding hydrogens is 248 g/mol. The molecule has 1 aromatic heterocycles. The second-order valence-corrected chi connectivity index (χ2v) is 5.61. The average Bonchev–Trinajstić information content (AvgIpc) is 2.86. The summed E-state index contributed by atoms with van der Waals surface area (Å²) in [6.45, 7) is 9.41. The van der Waals surface area contributed by atoms with Crippen molar-refractivity contribution < 1.29 is 4.42 Å². The Morgan fingerprint density at radius 2 is 1.60 bits per heavy atom. The predicted octanol–water partition coefficient (Wildman–Crippen LogP) is 3.22. The molecule has 0 radical (unpaired) electrons. The molecule has 1 aliphatic rings. The van der Waals surface area contributed by atoms with Crippen molar-refractivity contribution in [3.63, 3.8) is 0 Å². The fourth-order valence-corrected chi connectivity index (χ4v) is 2.71. The van der Waals surface area contributed by atoms with Gasteiger partial charge in [0.15, 0.2) is 0 Å². The van der Waals surface area contributed by atoms with Gasteiger partial charge in [0.2, 0.25) is 0 Å². The highest BCUT2D eigenvalue weighted by atomic mass is 16.3. The van der Waals surface area contributed by atoms with Gasteiger partial charge in [0, 0.05) is 31.9 Å². The molecule has 3 rings (SSSR count). The molecular formula is C17H22N2O. The van der Waals surface area contributed by atoms with Gasteiger partial charge in [0.25, 0.3) is 0 Å². The number of rotatable bonds is 3. The molecule has 2 aromatic rings. The van der Waals surface area contributed by atoms with Crippen LogP contribution >= 0.6 is 0 Å². The molecule has 0 unspecified atom stereocenters. The van der Waals surface area contributed by atoms with Gasteiger partial charge < -0.3 is 9.32 Å². The molecule has 106 valence electrons. The summed E-state index contributed by atoms with van der Waals surface area (Å²) in [4.78, 5) is 4.92. The van der Waals surface area contributed by atoms with Crippen molar-refractivity contribution in [1.29, 1.82) is 0 Å². The molecule has 0 aliphatic carbocycles. The first-order valence-electron chi connectivity index (χ1n) is 7.30. The Bertz CT molecular complexity index is 551. The van der Waals surface area contributed by atoms with Crippen LogP contribution in [0.25, 0.3) is 0 Å². The lowest BCUT2D eigenvalue weighted by atomic mass is 10.2. The number of nitrogens with zero attached hydrogens (tertiary/aromatic N) is 2. The predicted molar refractivity (Wildman–Crippen MR) is 82.1 cm³/mol. The van der Waals surface area contributed by atoms with Crippen molar-refractivity contribution in [3.05, 3.63) is 53.5 Å². The van der Waals surface area contributed by atoms with Crippen LogP contribution in [-0.2, 0) is 6.54 Å². The third kappa shape index (κ3) is 3.05. The van der Waals surface area contributed by atoms with E-state index < -0.39 is 0 Å². The smallest absolute Gasteiger partial charge is 0.118 e. The minimum Gasteiger partial charge on any atom is -0.465 e. The minimum atomic E-state index is 0.926. The molecule has 2 heterocycles. The lowest BCUT2D eigenvalue weighted by molar-refractivity contribution is 0.229. The molecule has 20 heavy (non-hydrogen) atoms. The van der Waals surface area contributed by atoms with E-state index in [2.05, 4.69) is 47.1 Å². The maximum atomic E-state index is 5.66. The van der Waals surface area contributed by atoms with Gasteiger partial charge in [-0.3, -0.25) is 4.90 Å². The van der Waals surface area contributed by atoms with Crippen LogP contribution in [0.2, 0.25) is 0 Å². The zero-order chi connectivity index (χ0) is 13.9. The molecule has 0 N–H and O–H groups in total. The minimum absolute atomic E-state index is 0.926. The van der Waals surface area contributed by atoms with E-state index in [1.165, 1.54) is 11.3 Å². The van der Waals surface area contributed by atoms with Gasteiger partial charge in [-0.25, -0.2) is 0 Å². The van der Waals surface area contributed by atoms with Crippen LogP contribution < -0.4 is 4.90 Å². The Morgan fingerprint density at radius 3 is 2.20 bits per heavy atom. The Balaban J connectivity index is 1.55. The molecule has 1 fully saturated rings. The molecule has 0 bridgehead atoms. The Morgan fingerprint density at radius 1 is 0.900 bits per heavy atom. The summed E-state index contributed by atoms with van der Waals surface area (Å²) >= 11 is 0. The number of piperazine rings is 1. The number of furan rings is 1. The van der Waals surface area contributed by atoms with Crippen LogP contribution in [0.1, 0.15) is 17.1 Å². The first-order valence-corrected chi connectivity index (χ1v) is 7.30. The first-order chi connectivity index (χ1) is 9.70. The van der Waals surface area contributed by atoms with E-state index in [1.54, 1.807) is 0 Å². The quantitative estimate of drug-likeness (QED) is 0.854. The van der Waals surface area contributed by atoms with Crippen molar-refractivity contribution >= 4 is 5.69 Å². The largest absolute Gasteiger partial charge is 0.465 e. The molecule has 1 saturated heterocycles. The van der Waals surface area contributed by atoms with E-state index >= 15 is 0 Å². The van der Waals surface area contributed by atoms with E-state index in [1.807, 2.05) is 13.0 Å². The van der Waals surface area contributed by atoms with Crippen molar-refractivity contribution in [2.75, 3.05) is 31.1 Å². The number of benzene rings is 1. The fraction of sp³-hybridized carbons (Fsp3) is 0.412. The summed E-state index contributed by atoms with van der Waals surface area (Å²) in [7, 11) is 0. The fourth-order valence-electron chi connectivity index (χ4n) is 2.71. The summed E-state index contributed by atoms with van der Waals surface area (Å²) in [6.07, 6.45) is 0. The molecule has 1 aliphatic heterocycles. The van der Waals surface area contributed by atoms with E-state index in [0.29, 0.717) is 0 Å². The summed E-state index contributed by atoms with van der Waals surface area (Å²) in [5, 5.41) is 0. The van der Waals surface area contributed by atoms with Crippen LogP contribution in [0, 0.1) is 13.8 Å². The third-order valence-electron chi connectivity index (χ3n) is 3.95. The second-order valence-electron chi connectivity index (χ2n) is 5.61. The van der Waals surface area contributed by atoms with Gasteiger partial charge in [-0.05, 0) is 38.1 Å². The third-order valence-corrected chi connectivity index (χ3v) is 3.95. The van der Waals surface area contributed by atoms with Crippen molar-refractivity contribution in [1.82, 2.24) is 4.90 Å². The zero-order valence-electron chi connectivity index (χ0n) is 12.3. The summed E-state index contributed by atoms with van der Waals surface area (Å²) < 4.78 is 5.66. The summed E-state index contributed by atoms with van der Waals surface area (Å²) in [6, 6.07) is 12.9. The molecule has 3 heteroatoms. The van der Waals surface area contributed by atoms with E-state index in [9.17, 15) is 0 Å². The molecule has 0 amide bonds. The van der Waals surface area contributed by atoms with Gasteiger partial charge >= 0.3 is 0 Å². The first kappa shape index (κ1) is 13.3. The van der Waals surface area contributed by atoms with Crippen LogP contribution in [0.15, 0.2) is 40.8 Å². The maximum absolute atomic E-state index is 5.66. The van der Waals surface area contributed by atoms with Gasteiger partial charge in [0.05, 0.1) is 6.54 Å². The standard InChI is InChI=1S/C17H22N2O/c1-14-3-6-16(7-4-14)19-11-9-18(10-12-19)13-17-8-5-15(2)20-17/h3-8H,9-13H2,1-2H3. The summed E-state index contributed by atoms with van der Waals surface area (Å²) in [5.74, 6) is 2.07. The van der Waals surface area contributed by atoms with Crippen molar-refractivity contribution in [2.45, 2.75) is 20.4 Å². The average molecular weight is 270 g/mol. The van der Waals surface area contributed by atoms with Crippen LogP contribution in [-0.4, -0.2) is 31.1 Å². The van der Waals surface area contributed by atoms with E-state index in [4.69, 9.17) is 4.42 Å². The highest BCUT2D eigenvalue weighted by Gasteiger charge is 2.18. The monoisotopic (exact) mass is 270 g/mol. The molecule has 1 aromatic carbocycles. The topological polar surface area (TPSA) is 19.6 Å². The lowest BCUT2D eigenvalue weighted by Gasteiger charge is -2.35. The maximum Gasteiger partial charge on any atom is 0.118 e.